The van der Waals surface area contributed by atoms with Crippen molar-refractivity contribution >= 4 is 33.4 Å². The van der Waals surface area contributed by atoms with Crippen LogP contribution in [0.2, 0.25) is 0 Å². The number of hydrogen-bond donors (Lipinski definition) is 1. The van der Waals surface area contributed by atoms with E-state index in [2.05, 4.69) is 5.32 Å². The third-order valence-electron chi connectivity index (χ3n) is 5.58. The molecule has 33 heavy (non-hydrogen) atoms. The number of ketones is 1. The zero-order valence-corrected chi connectivity index (χ0v) is 19.7. The number of nitrogens with zero attached hydrogens (tertiary/aromatic N) is 1. The first-order chi connectivity index (χ1) is 15.6. The van der Waals surface area contributed by atoms with Gasteiger partial charge in [0.15, 0.2) is 6.10 Å². The van der Waals surface area contributed by atoms with Crippen molar-refractivity contribution in [2.45, 2.75) is 57.1 Å². The molecule has 1 fully saturated rings. The molecule has 3 rings (SSSR count). The maximum absolute atomic E-state index is 12.9. The first-order valence-corrected chi connectivity index (χ1v) is 12.3. The van der Waals surface area contributed by atoms with E-state index in [9.17, 15) is 22.8 Å². The largest absolute Gasteiger partial charge is 0.451 e. The molecule has 1 N–H and O–H groups in total. The van der Waals surface area contributed by atoms with E-state index >= 15 is 0 Å². The highest BCUT2D eigenvalue weighted by atomic mass is 32.2. The number of hydrogen-bond acceptors (Lipinski definition) is 6. The summed E-state index contributed by atoms with van der Waals surface area (Å²) in [7, 11) is -3.64. The summed E-state index contributed by atoms with van der Waals surface area (Å²) >= 11 is 0. The predicted molar refractivity (Wildman–Crippen MR) is 124 cm³/mol. The molecule has 1 aliphatic rings. The number of piperidine rings is 1. The van der Waals surface area contributed by atoms with Gasteiger partial charge in [0.25, 0.3) is 0 Å². The van der Waals surface area contributed by atoms with Crippen molar-refractivity contribution in [2.75, 3.05) is 11.9 Å². The number of rotatable bonds is 7. The van der Waals surface area contributed by atoms with Crippen LogP contribution in [0, 0.1) is 0 Å². The SMILES string of the molecule is CC(=O)Nc1ccc(C(=O)[C@H](C)OC(=O)c2ccc(S(=O)(=O)N3CCCC[C@H]3C)cc2)cc1. The lowest BCUT2D eigenvalue weighted by Crippen LogP contribution is -2.41. The number of carbonyl (C=O) groups is 3. The number of esters is 1. The van der Waals surface area contributed by atoms with E-state index in [1.54, 1.807) is 24.3 Å². The van der Waals surface area contributed by atoms with Gasteiger partial charge in [-0.1, -0.05) is 6.42 Å². The quantitative estimate of drug-likeness (QED) is 0.487. The Balaban J connectivity index is 1.65. The van der Waals surface area contributed by atoms with E-state index in [1.165, 1.54) is 42.4 Å². The van der Waals surface area contributed by atoms with E-state index in [4.69, 9.17) is 4.74 Å². The average molecular weight is 473 g/mol. The first-order valence-electron chi connectivity index (χ1n) is 10.8. The number of nitrogens with one attached hydrogen (secondary N) is 1. The number of carbonyl (C=O) groups excluding carboxylic acids is 3. The molecule has 1 saturated heterocycles. The molecule has 2 aromatic carbocycles. The Morgan fingerprint density at radius 2 is 1.61 bits per heavy atom. The minimum absolute atomic E-state index is 0.0624. The van der Waals surface area contributed by atoms with Gasteiger partial charge in [0.2, 0.25) is 21.7 Å². The molecule has 1 amide bonds. The fourth-order valence-corrected chi connectivity index (χ4v) is 5.46. The molecule has 1 aliphatic heterocycles. The number of anilines is 1. The molecule has 2 atom stereocenters. The van der Waals surface area contributed by atoms with Crippen LogP contribution < -0.4 is 5.32 Å². The summed E-state index contributed by atoms with van der Waals surface area (Å²) in [5, 5.41) is 2.61. The molecule has 0 saturated carbocycles. The molecule has 0 bridgehead atoms. The van der Waals surface area contributed by atoms with Crippen molar-refractivity contribution in [2.24, 2.45) is 0 Å². The summed E-state index contributed by atoms with van der Waals surface area (Å²) in [6.45, 7) is 5.24. The standard InChI is InChI=1S/C24H28N2O6S/c1-16-6-4-5-15-26(16)33(30,31)22-13-9-20(10-14-22)24(29)32-17(2)23(28)19-7-11-21(12-8-19)25-18(3)27/h7-14,16-17H,4-6,15H2,1-3H3,(H,25,27)/t16-,17+/m1/s1. The molecule has 0 aliphatic carbocycles. The van der Waals surface area contributed by atoms with Crippen molar-refractivity contribution in [1.82, 2.24) is 4.31 Å². The number of Topliss-reactive ketones (excluding diaryl/α,β-unsaturated/α-hetero) is 1. The van der Waals surface area contributed by atoms with Gasteiger partial charge in [-0.15, -0.1) is 0 Å². The summed E-state index contributed by atoms with van der Waals surface area (Å²) in [4.78, 5) is 36.3. The zero-order chi connectivity index (χ0) is 24.2. The Hall–Kier alpha value is -3.04. The van der Waals surface area contributed by atoms with Crippen LogP contribution in [0.3, 0.4) is 0 Å². The lowest BCUT2D eigenvalue weighted by atomic mass is 10.1. The molecule has 1 heterocycles. The van der Waals surface area contributed by atoms with Gasteiger partial charge in [-0.2, -0.15) is 4.31 Å². The van der Waals surface area contributed by atoms with Gasteiger partial charge in [-0.25, -0.2) is 13.2 Å². The van der Waals surface area contributed by atoms with Crippen LogP contribution in [0.1, 0.15) is 60.7 Å². The zero-order valence-electron chi connectivity index (χ0n) is 18.9. The molecule has 0 aromatic heterocycles. The van der Waals surface area contributed by atoms with Gasteiger partial charge in [-0.3, -0.25) is 9.59 Å². The molecular weight excluding hydrogens is 444 g/mol. The molecule has 0 radical (unpaired) electrons. The van der Waals surface area contributed by atoms with Crippen molar-refractivity contribution in [1.29, 1.82) is 0 Å². The van der Waals surface area contributed by atoms with Gasteiger partial charge < -0.3 is 10.1 Å². The van der Waals surface area contributed by atoms with E-state index in [0.29, 0.717) is 17.8 Å². The van der Waals surface area contributed by atoms with Crippen LogP contribution in [-0.2, 0) is 19.6 Å². The molecular formula is C24H28N2O6S. The maximum Gasteiger partial charge on any atom is 0.338 e. The molecule has 0 unspecified atom stereocenters. The lowest BCUT2D eigenvalue weighted by Gasteiger charge is -2.32. The predicted octanol–water partition coefficient (Wildman–Crippen LogP) is 3.64. The summed E-state index contributed by atoms with van der Waals surface area (Å²) in [6.07, 6.45) is 1.62. The summed E-state index contributed by atoms with van der Waals surface area (Å²) in [5.74, 6) is -1.34. The minimum atomic E-state index is -3.64. The summed E-state index contributed by atoms with van der Waals surface area (Å²) in [5.41, 5.74) is 1.04. The highest BCUT2D eigenvalue weighted by Gasteiger charge is 2.31. The Morgan fingerprint density at radius 1 is 1.00 bits per heavy atom. The lowest BCUT2D eigenvalue weighted by molar-refractivity contribution is -0.114. The topological polar surface area (TPSA) is 110 Å². The van der Waals surface area contributed by atoms with Gasteiger partial charge in [-0.05, 0) is 75.2 Å². The van der Waals surface area contributed by atoms with E-state index < -0.39 is 27.9 Å². The highest BCUT2D eigenvalue weighted by Crippen LogP contribution is 2.25. The highest BCUT2D eigenvalue weighted by molar-refractivity contribution is 7.89. The molecule has 2 aromatic rings. The first kappa shape index (κ1) is 24.6. The normalized spacial score (nSPS) is 17.7. The van der Waals surface area contributed by atoms with E-state index in [-0.39, 0.29) is 22.4 Å². The van der Waals surface area contributed by atoms with Crippen LogP contribution in [0.15, 0.2) is 53.4 Å². The van der Waals surface area contributed by atoms with Crippen molar-refractivity contribution in [3.8, 4) is 0 Å². The van der Waals surface area contributed by atoms with Gasteiger partial charge in [0.05, 0.1) is 10.5 Å². The monoisotopic (exact) mass is 472 g/mol. The van der Waals surface area contributed by atoms with Gasteiger partial charge in [0, 0.05) is 30.8 Å². The Kier molecular flexibility index (Phi) is 7.65. The van der Waals surface area contributed by atoms with Crippen LogP contribution in [0.25, 0.3) is 0 Å². The number of benzene rings is 2. The van der Waals surface area contributed by atoms with Crippen molar-refractivity contribution in [3.63, 3.8) is 0 Å². The van der Waals surface area contributed by atoms with Crippen LogP contribution in [0.4, 0.5) is 5.69 Å². The second-order valence-corrected chi connectivity index (χ2v) is 10.0. The molecule has 0 spiro atoms. The average Bonchev–Trinajstić information content (AvgIpc) is 2.79. The smallest absolute Gasteiger partial charge is 0.338 e. The molecule has 9 heteroatoms. The van der Waals surface area contributed by atoms with Crippen LogP contribution in [0.5, 0.6) is 0 Å². The Bertz CT molecular complexity index is 1130. The van der Waals surface area contributed by atoms with Gasteiger partial charge in [0.1, 0.15) is 0 Å². The number of amides is 1. The summed E-state index contributed by atoms with van der Waals surface area (Å²) in [6, 6.07) is 11.8. The van der Waals surface area contributed by atoms with Crippen molar-refractivity contribution in [3.05, 3.63) is 59.7 Å². The fourth-order valence-electron chi connectivity index (χ4n) is 3.77. The Morgan fingerprint density at radius 3 is 2.18 bits per heavy atom. The summed E-state index contributed by atoms with van der Waals surface area (Å²) < 4.78 is 32.6. The maximum atomic E-state index is 12.9. The minimum Gasteiger partial charge on any atom is -0.451 e. The third kappa shape index (κ3) is 5.85. The van der Waals surface area contributed by atoms with Crippen molar-refractivity contribution < 1.29 is 27.5 Å². The number of sulfonamides is 1. The number of ether oxygens (including phenoxy) is 1. The second-order valence-electron chi connectivity index (χ2n) is 8.16. The third-order valence-corrected chi connectivity index (χ3v) is 7.61. The second kappa shape index (κ2) is 10.3. The fraction of sp³-hybridized carbons (Fsp3) is 0.375. The van der Waals surface area contributed by atoms with Crippen LogP contribution in [-0.4, -0.2) is 49.1 Å². The van der Waals surface area contributed by atoms with Gasteiger partial charge >= 0.3 is 5.97 Å². The molecule has 8 nitrogen and oxygen atoms in total. The molecule has 176 valence electrons. The van der Waals surface area contributed by atoms with E-state index in [1.807, 2.05) is 6.92 Å². The van der Waals surface area contributed by atoms with E-state index in [0.717, 1.165) is 19.3 Å². The van der Waals surface area contributed by atoms with Crippen LogP contribution >= 0.6 is 0 Å². The Labute approximate surface area is 194 Å².